The summed E-state index contributed by atoms with van der Waals surface area (Å²) < 4.78 is 15.8. The molecule has 0 amide bonds. The van der Waals surface area contributed by atoms with Gasteiger partial charge in [-0.05, 0) is 24.3 Å². The zero-order chi connectivity index (χ0) is 13.2. The number of hydrogen-bond acceptors (Lipinski definition) is 4. The second-order valence-corrected chi connectivity index (χ2v) is 5.28. The second-order valence-electron chi connectivity index (χ2n) is 4.25. The molecule has 4 nitrogen and oxygen atoms in total. The van der Waals surface area contributed by atoms with Crippen molar-refractivity contribution in [2.24, 2.45) is 7.05 Å². The number of rotatable bonds is 4. The molecule has 1 aromatic carbocycles. The van der Waals surface area contributed by atoms with Gasteiger partial charge in [-0.25, -0.2) is 9.37 Å². The number of thiazole rings is 1. The van der Waals surface area contributed by atoms with E-state index in [2.05, 4.69) is 15.4 Å². The van der Waals surface area contributed by atoms with Crippen molar-refractivity contribution in [3.05, 3.63) is 42.0 Å². The van der Waals surface area contributed by atoms with Gasteiger partial charge in [0, 0.05) is 31.9 Å². The van der Waals surface area contributed by atoms with Crippen LogP contribution in [0, 0.1) is 5.82 Å². The lowest BCUT2D eigenvalue weighted by molar-refractivity contribution is 0.630. The van der Waals surface area contributed by atoms with Gasteiger partial charge in [0.2, 0.25) is 0 Å². The Morgan fingerprint density at radius 2 is 2.26 bits per heavy atom. The summed E-state index contributed by atoms with van der Waals surface area (Å²) in [6.45, 7) is 0.780. The van der Waals surface area contributed by atoms with Gasteiger partial charge in [0.15, 0.2) is 5.13 Å². The van der Waals surface area contributed by atoms with E-state index in [0.29, 0.717) is 0 Å². The molecule has 1 N–H and O–H groups in total. The third-order valence-electron chi connectivity index (χ3n) is 2.93. The molecular formula is C13H13FN4S. The van der Waals surface area contributed by atoms with Crippen molar-refractivity contribution >= 4 is 26.7 Å². The standard InChI is InChI=1S/C13H13FN4S/c1-18-10(5-7-16-18)4-6-15-13-17-11-3-2-9(14)8-12(11)19-13/h2-3,5,7-8H,4,6H2,1H3,(H,15,17). The summed E-state index contributed by atoms with van der Waals surface area (Å²) in [6, 6.07) is 6.64. The summed E-state index contributed by atoms with van der Waals surface area (Å²) in [5.41, 5.74) is 1.99. The third kappa shape index (κ3) is 2.58. The molecule has 19 heavy (non-hydrogen) atoms. The van der Waals surface area contributed by atoms with Crippen LogP contribution in [-0.2, 0) is 13.5 Å². The molecule has 0 unspecified atom stereocenters. The maximum atomic E-state index is 13.1. The average molecular weight is 276 g/mol. The predicted molar refractivity (Wildman–Crippen MR) is 75.0 cm³/mol. The third-order valence-corrected chi connectivity index (χ3v) is 3.91. The van der Waals surface area contributed by atoms with Crippen LogP contribution in [0.3, 0.4) is 0 Å². The highest BCUT2D eigenvalue weighted by molar-refractivity contribution is 7.22. The molecule has 0 aliphatic heterocycles. The first-order valence-corrected chi connectivity index (χ1v) is 6.81. The normalized spacial score (nSPS) is 11.1. The Labute approximate surface area is 113 Å². The van der Waals surface area contributed by atoms with Gasteiger partial charge in [-0.3, -0.25) is 4.68 Å². The number of nitrogens with zero attached hydrogens (tertiary/aromatic N) is 3. The van der Waals surface area contributed by atoms with Gasteiger partial charge in [0.25, 0.3) is 0 Å². The van der Waals surface area contributed by atoms with Crippen LogP contribution in [0.25, 0.3) is 10.2 Å². The summed E-state index contributed by atoms with van der Waals surface area (Å²) in [5, 5.41) is 8.21. The first-order valence-electron chi connectivity index (χ1n) is 5.99. The largest absolute Gasteiger partial charge is 0.361 e. The number of aryl methyl sites for hydroxylation is 1. The molecule has 0 saturated heterocycles. The number of aromatic nitrogens is 3. The first-order chi connectivity index (χ1) is 9.22. The lowest BCUT2D eigenvalue weighted by Gasteiger charge is -2.02. The van der Waals surface area contributed by atoms with Crippen molar-refractivity contribution in [3.8, 4) is 0 Å². The molecule has 0 spiro atoms. The Morgan fingerprint density at radius 1 is 1.37 bits per heavy atom. The fraction of sp³-hybridized carbons (Fsp3) is 0.231. The molecule has 0 aliphatic carbocycles. The van der Waals surface area contributed by atoms with Crippen molar-refractivity contribution in [1.82, 2.24) is 14.8 Å². The number of fused-ring (bicyclic) bond motifs is 1. The molecule has 3 rings (SSSR count). The Bertz CT molecular complexity index is 704. The summed E-state index contributed by atoms with van der Waals surface area (Å²) in [4.78, 5) is 4.41. The van der Waals surface area contributed by atoms with E-state index < -0.39 is 0 Å². The van der Waals surface area contributed by atoms with Crippen LogP contribution in [0.5, 0.6) is 0 Å². The van der Waals surface area contributed by atoms with Crippen LogP contribution < -0.4 is 5.32 Å². The minimum absolute atomic E-state index is 0.224. The van der Waals surface area contributed by atoms with Gasteiger partial charge in [0.1, 0.15) is 5.82 Å². The van der Waals surface area contributed by atoms with Crippen molar-refractivity contribution in [2.45, 2.75) is 6.42 Å². The fourth-order valence-electron chi connectivity index (χ4n) is 1.92. The van der Waals surface area contributed by atoms with Gasteiger partial charge in [-0.1, -0.05) is 11.3 Å². The van der Waals surface area contributed by atoms with Gasteiger partial charge in [-0.15, -0.1) is 0 Å². The van der Waals surface area contributed by atoms with E-state index in [9.17, 15) is 4.39 Å². The molecule has 0 aliphatic rings. The quantitative estimate of drug-likeness (QED) is 0.797. The van der Waals surface area contributed by atoms with E-state index in [1.807, 2.05) is 17.8 Å². The van der Waals surface area contributed by atoms with Crippen LogP contribution in [-0.4, -0.2) is 21.3 Å². The van der Waals surface area contributed by atoms with E-state index in [0.717, 1.165) is 28.3 Å². The summed E-state index contributed by atoms with van der Waals surface area (Å²) in [6.07, 6.45) is 2.66. The van der Waals surface area contributed by atoms with Crippen molar-refractivity contribution in [2.75, 3.05) is 11.9 Å². The van der Waals surface area contributed by atoms with Crippen LogP contribution in [0.2, 0.25) is 0 Å². The smallest absolute Gasteiger partial charge is 0.183 e. The number of halogens is 1. The Balaban J connectivity index is 1.67. The highest BCUT2D eigenvalue weighted by atomic mass is 32.1. The van der Waals surface area contributed by atoms with E-state index >= 15 is 0 Å². The highest BCUT2D eigenvalue weighted by Crippen LogP contribution is 2.26. The van der Waals surface area contributed by atoms with Gasteiger partial charge >= 0.3 is 0 Å². The summed E-state index contributed by atoms with van der Waals surface area (Å²) >= 11 is 1.47. The molecule has 0 radical (unpaired) electrons. The molecule has 0 atom stereocenters. The SMILES string of the molecule is Cn1nccc1CCNc1nc2ccc(F)cc2s1. The molecule has 2 heterocycles. The monoisotopic (exact) mass is 276 g/mol. The second kappa shape index (κ2) is 4.97. The molecule has 2 aromatic heterocycles. The first kappa shape index (κ1) is 12.1. The van der Waals surface area contributed by atoms with Gasteiger partial charge < -0.3 is 5.32 Å². The summed E-state index contributed by atoms with van der Waals surface area (Å²) in [7, 11) is 1.93. The lowest BCUT2D eigenvalue weighted by atomic mass is 10.3. The van der Waals surface area contributed by atoms with E-state index in [-0.39, 0.29) is 5.82 Å². The molecule has 0 fully saturated rings. The van der Waals surface area contributed by atoms with E-state index in [1.165, 1.54) is 29.2 Å². The van der Waals surface area contributed by atoms with Gasteiger partial charge in [-0.2, -0.15) is 5.10 Å². The Hall–Kier alpha value is -1.95. The topological polar surface area (TPSA) is 42.7 Å². The fourth-order valence-corrected chi connectivity index (χ4v) is 2.83. The molecule has 6 heteroatoms. The van der Waals surface area contributed by atoms with Crippen molar-refractivity contribution in [3.63, 3.8) is 0 Å². The van der Waals surface area contributed by atoms with Crippen molar-refractivity contribution < 1.29 is 4.39 Å². The maximum absolute atomic E-state index is 13.1. The predicted octanol–water partition coefficient (Wildman–Crippen LogP) is 2.82. The zero-order valence-corrected chi connectivity index (χ0v) is 11.2. The molecular weight excluding hydrogens is 263 g/mol. The zero-order valence-electron chi connectivity index (χ0n) is 10.4. The lowest BCUT2D eigenvalue weighted by Crippen LogP contribution is -2.07. The van der Waals surface area contributed by atoms with E-state index in [1.54, 1.807) is 12.3 Å². The van der Waals surface area contributed by atoms with Crippen LogP contribution >= 0.6 is 11.3 Å². The van der Waals surface area contributed by atoms with E-state index in [4.69, 9.17) is 0 Å². The number of nitrogens with one attached hydrogen (secondary N) is 1. The summed E-state index contributed by atoms with van der Waals surface area (Å²) in [5.74, 6) is -0.224. The highest BCUT2D eigenvalue weighted by Gasteiger charge is 2.05. The van der Waals surface area contributed by atoms with Crippen LogP contribution in [0.4, 0.5) is 9.52 Å². The Morgan fingerprint density at radius 3 is 3.05 bits per heavy atom. The number of hydrogen-bond donors (Lipinski definition) is 1. The molecule has 98 valence electrons. The minimum atomic E-state index is -0.224. The van der Waals surface area contributed by atoms with Crippen LogP contribution in [0.1, 0.15) is 5.69 Å². The number of benzene rings is 1. The van der Waals surface area contributed by atoms with Gasteiger partial charge in [0.05, 0.1) is 10.2 Å². The van der Waals surface area contributed by atoms with Crippen LogP contribution in [0.15, 0.2) is 30.5 Å². The Kier molecular flexibility index (Phi) is 3.16. The molecule has 0 saturated carbocycles. The van der Waals surface area contributed by atoms with Crippen molar-refractivity contribution in [1.29, 1.82) is 0 Å². The molecule has 3 aromatic rings. The number of anilines is 1. The maximum Gasteiger partial charge on any atom is 0.183 e. The minimum Gasteiger partial charge on any atom is -0.361 e. The average Bonchev–Trinajstić information content (AvgIpc) is 2.95. The molecule has 0 bridgehead atoms.